The van der Waals surface area contributed by atoms with E-state index < -0.39 is 9.84 Å². The number of allylic oxidation sites excluding steroid dienone is 1. The summed E-state index contributed by atoms with van der Waals surface area (Å²) in [6.45, 7) is 1.88. The van der Waals surface area contributed by atoms with Crippen molar-refractivity contribution in [2.75, 3.05) is 0 Å². The number of sulfone groups is 1. The lowest BCUT2D eigenvalue weighted by molar-refractivity contribution is 0.603. The highest BCUT2D eigenvalue weighted by molar-refractivity contribution is 7.95. The van der Waals surface area contributed by atoms with E-state index in [1.54, 1.807) is 42.5 Å². The zero-order chi connectivity index (χ0) is 14.6. The number of rotatable bonds is 3. The molecule has 0 saturated carbocycles. The summed E-state index contributed by atoms with van der Waals surface area (Å²) in [7, 11) is -3.77. The molecule has 0 amide bonds. The van der Waals surface area contributed by atoms with E-state index >= 15 is 0 Å². The van der Waals surface area contributed by atoms with Crippen LogP contribution in [0.3, 0.4) is 0 Å². The fourth-order valence-corrected chi connectivity index (χ4v) is 2.87. The maximum atomic E-state index is 12.4. The highest BCUT2D eigenvalue weighted by Crippen LogP contribution is 2.21. The standard InChI is InChI=1S/C16H13NO2S/c1-13-7-9-15(10-8-13)20(18,19)16(12-17)11-14-5-3-2-4-6-14/h2-11H,1H3/b16-11-. The summed E-state index contributed by atoms with van der Waals surface area (Å²) in [5, 5.41) is 9.14. The molecule has 100 valence electrons. The first kappa shape index (κ1) is 14.0. The third-order valence-electron chi connectivity index (χ3n) is 2.83. The second kappa shape index (κ2) is 5.72. The van der Waals surface area contributed by atoms with E-state index in [-0.39, 0.29) is 9.80 Å². The smallest absolute Gasteiger partial charge is 0.216 e. The number of nitrogens with zero attached hydrogens (tertiary/aromatic N) is 1. The zero-order valence-corrected chi connectivity index (χ0v) is 11.8. The van der Waals surface area contributed by atoms with Crippen molar-refractivity contribution in [3.8, 4) is 6.07 Å². The van der Waals surface area contributed by atoms with Gasteiger partial charge in [-0.1, -0.05) is 48.0 Å². The summed E-state index contributed by atoms with van der Waals surface area (Å²) in [5.74, 6) is 0. The van der Waals surface area contributed by atoms with Crippen molar-refractivity contribution in [3.63, 3.8) is 0 Å². The molecular weight excluding hydrogens is 270 g/mol. The molecule has 0 N–H and O–H groups in total. The van der Waals surface area contributed by atoms with Crippen molar-refractivity contribution in [3.05, 3.63) is 70.6 Å². The number of nitriles is 1. The van der Waals surface area contributed by atoms with Gasteiger partial charge in [0.2, 0.25) is 9.84 Å². The molecule has 20 heavy (non-hydrogen) atoms. The SMILES string of the molecule is Cc1ccc(S(=O)(=O)/C(C#N)=C\c2ccccc2)cc1. The summed E-state index contributed by atoms with van der Waals surface area (Å²) >= 11 is 0. The molecule has 0 spiro atoms. The molecule has 3 nitrogen and oxygen atoms in total. The molecule has 0 fully saturated rings. The van der Waals surface area contributed by atoms with E-state index in [0.29, 0.717) is 5.56 Å². The van der Waals surface area contributed by atoms with E-state index in [0.717, 1.165) is 5.56 Å². The third kappa shape index (κ3) is 2.95. The first-order chi connectivity index (χ1) is 9.54. The van der Waals surface area contributed by atoms with Gasteiger partial charge in [0.05, 0.1) is 4.90 Å². The van der Waals surface area contributed by atoms with Crippen LogP contribution in [0.2, 0.25) is 0 Å². The normalized spacial score (nSPS) is 11.9. The quantitative estimate of drug-likeness (QED) is 0.812. The van der Waals surface area contributed by atoms with Crippen molar-refractivity contribution in [1.29, 1.82) is 5.26 Å². The number of hydrogen-bond acceptors (Lipinski definition) is 3. The first-order valence-electron chi connectivity index (χ1n) is 6.02. The molecule has 0 aliphatic rings. The Morgan fingerprint density at radius 2 is 1.65 bits per heavy atom. The zero-order valence-electron chi connectivity index (χ0n) is 10.9. The van der Waals surface area contributed by atoms with Crippen LogP contribution in [0.1, 0.15) is 11.1 Å². The largest absolute Gasteiger partial charge is 0.218 e. The van der Waals surface area contributed by atoms with Crippen LogP contribution in [0, 0.1) is 18.3 Å². The average Bonchev–Trinajstić information content (AvgIpc) is 2.46. The van der Waals surface area contributed by atoms with Gasteiger partial charge in [-0.2, -0.15) is 5.26 Å². The van der Waals surface area contributed by atoms with Crippen LogP contribution < -0.4 is 0 Å². The molecule has 0 aromatic heterocycles. The Morgan fingerprint density at radius 3 is 2.20 bits per heavy atom. The Bertz CT molecular complexity index is 767. The summed E-state index contributed by atoms with van der Waals surface area (Å²) in [6.07, 6.45) is 1.38. The minimum atomic E-state index is -3.77. The minimum absolute atomic E-state index is 0.131. The molecule has 2 aromatic rings. The van der Waals surface area contributed by atoms with Crippen LogP contribution in [0.15, 0.2) is 64.4 Å². The van der Waals surface area contributed by atoms with Gasteiger partial charge >= 0.3 is 0 Å². The average molecular weight is 283 g/mol. The molecule has 0 atom stereocenters. The van der Waals surface area contributed by atoms with Crippen molar-refractivity contribution in [2.45, 2.75) is 11.8 Å². The summed E-state index contributed by atoms with van der Waals surface area (Å²) in [4.78, 5) is -0.126. The van der Waals surface area contributed by atoms with Gasteiger partial charge in [0.15, 0.2) is 0 Å². The van der Waals surface area contributed by atoms with Crippen molar-refractivity contribution in [1.82, 2.24) is 0 Å². The van der Waals surface area contributed by atoms with Crippen LogP contribution >= 0.6 is 0 Å². The Labute approximate surface area is 118 Å². The van der Waals surface area contributed by atoms with Gasteiger partial charge in [-0.05, 0) is 30.7 Å². The van der Waals surface area contributed by atoms with Gasteiger partial charge < -0.3 is 0 Å². The Hall–Kier alpha value is -2.38. The van der Waals surface area contributed by atoms with Crippen LogP contribution in [0.25, 0.3) is 6.08 Å². The minimum Gasteiger partial charge on any atom is -0.218 e. The van der Waals surface area contributed by atoms with Crippen molar-refractivity contribution in [2.24, 2.45) is 0 Å². The lowest BCUT2D eigenvalue weighted by Gasteiger charge is -2.03. The molecule has 0 radical (unpaired) electrons. The molecule has 2 aromatic carbocycles. The lowest BCUT2D eigenvalue weighted by Crippen LogP contribution is -2.03. The van der Waals surface area contributed by atoms with E-state index in [4.69, 9.17) is 5.26 Å². The van der Waals surface area contributed by atoms with Crippen LogP contribution in [-0.4, -0.2) is 8.42 Å². The van der Waals surface area contributed by atoms with E-state index in [1.165, 1.54) is 18.2 Å². The molecule has 2 rings (SSSR count). The van der Waals surface area contributed by atoms with Crippen LogP contribution in [0.5, 0.6) is 0 Å². The number of hydrogen-bond donors (Lipinski definition) is 0. The first-order valence-corrected chi connectivity index (χ1v) is 7.51. The van der Waals surface area contributed by atoms with Crippen LogP contribution in [0.4, 0.5) is 0 Å². The fourth-order valence-electron chi connectivity index (χ4n) is 1.71. The fraction of sp³-hybridized carbons (Fsp3) is 0.0625. The maximum Gasteiger partial charge on any atom is 0.216 e. The number of aryl methyl sites for hydroxylation is 1. The molecule has 0 aliphatic heterocycles. The lowest BCUT2D eigenvalue weighted by atomic mass is 10.2. The van der Waals surface area contributed by atoms with Crippen molar-refractivity contribution < 1.29 is 8.42 Å². The van der Waals surface area contributed by atoms with Gasteiger partial charge in [-0.25, -0.2) is 8.42 Å². The summed E-state index contributed by atoms with van der Waals surface area (Å²) < 4.78 is 24.8. The van der Waals surface area contributed by atoms with Gasteiger partial charge in [0.25, 0.3) is 0 Å². The van der Waals surface area contributed by atoms with E-state index in [2.05, 4.69) is 0 Å². The van der Waals surface area contributed by atoms with Gasteiger partial charge in [0.1, 0.15) is 11.0 Å². The maximum absolute atomic E-state index is 12.4. The van der Waals surface area contributed by atoms with Crippen LogP contribution in [-0.2, 0) is 9.84 Å². The van der Waals surface area contributed by atoms with Crippen molar-refractivity contribution >= 4 is 15.9 Å². The van der Waals surface area contributed by atoms with E-state index in [9.17, 15) is 8.42 Å². The molecule has 0 aliphatic carbocycles. The Kier molecular flexibility index (Phi) is 4.02. The third-order valence-corrected chi connectivity index (χ3v) is 4.51. The highest BCUT2D eigenvalue weighted by Gasteiger charge is 2.20. The second-order valence-electron chi connectivity index (χ2n) is 4.35. The van der Waals surface area contributed by atoms with Gasteiger partial charge in [-0.3, -0.25) is 0 Å². The van der Waals surface area contributed by atoms with Gasteiger partial charge in [-0.15, -0.1) is 0 Å². The predicted octanol–water partition coefficient (Wildman–Crippen LogP) is 3.33. The Morgan fingerprint density at radius 1 is 1.05 bits per heavy atom. The van der Waals surface area contributed by atoms with Gasteiger partial charge in [0, 0.05) is 0 Å². The number of benzene rings is 2. The predicted molar refractivity (Wildman–Crippen MR) is 78.4 cm³/mol. The molecule has 0 unspecified atom stereocenters. The topological polar surface area (TPSA) is 57.9 Å². The van der Waals surface area contributed by atoms with E-state index in [1.807, 2.05) is 13.0 Å². The highest BCUT2D eigenvalue weighted by atomic mass is 32.2. The summed E-state index contributed by atoms with van der Waals surface area (Å²) in [6, 6.07) is 17.1. The second-order valence-corrected chi connectivity index (χ2v) is 6.27. The summed E-state index contributed by atoms with van der Waals surface area (Å²) in [5.41, 5.74) is 1.65. The molecule has 0 heterocycles. The Balaban J connectivity index is 2.49. The molecule has 0 saturated heterocycles. The molecular formula is C16H13NO2S. The monoisotopic (exact) mass is 283 g/mol. The molecule has 4 heteroatoms. The molecule has 0 bridgehead atoms.